The molecule has 1 rings (SSSR count). The van der Waals surface area contributed by atoms with Gasteiger partial charge >= 0.3 is 0 Å². The molecule has 0 saturated heterocycles. The summed E-state index contributed by atoms with van der Waals surface area (Å²) in [5.74, 6) is 0.729. The average molecular weight is 198 g/mol. The van der Waals surface area contributed by atoms with Crippen LogP contribution in [0.4, 0.5) is 0 Å². The monoisotopic (exact) mass is 198 g/mol. The Morgan fingerprint density at radius 3 is 2.14 bits per heavy atom. The van der Waals surface area contributed by atoms with Crippen molar-refractivity contribution in [2.75, 3.05) is 6.61 Å². The Balaban J connectivity index is 2.51. The van der Waals surface area contributed by atoms with E-state index in [2.05, 4.69) is 27.7 Å². The fourth-order valence-electron chi connectivity index (χ4n) is 2.58. The second-order valence-electron chi connectivity index (χ2n) is 6.09. The predicted octanol–water partition coefficient (Wildman–Crippen LogP) is 3.61. The third kappa shape index (κ3) is 2.50. The van der Waals surface area contributed by atoms with Gasteiger partial charge in [0.25, 0.3) is 0 Å². The Morgan fingerprint density at radius 1 is 1.29 bits per heavy atom. The molecule has 84 valence electrons. The zero-order chi connectivity index (χ0) is 10.8. The molecular formula is C13H26O. The van der Waals surface area contributed by atoms with Gasteiger partial charge < -0.3 is 5.11 Å². The molecule has 1 aliphatic rings. The van der Waals surface area contributed by atoms with E-state index >= 15 is 0 Å². The fourth-order valence-corrected chi connectivity index (χ4v) is 2.58. The lowest BCUT2D eigenvalue weighted by molar-refractivity contribution is 0.0406. The number of rotatable bonds is 3. The standard InChI is InChI=1S/C13H26O/c1-5-13(4)8-6-11(7-9-13)12(2,3)10-14/h11,14H,5-10H2,1-4H3. The van der Waals surface area contributed by atoms with Gasteiger partial charge in [-0.1, -0.05) is 34.1 Å². The molecule has 0 aromatic heterocycles. The van der Waals surface area contributed by atoms with Crippen molar-refractivity contribution in [1.29, 1.82) is 0 Å². The van der Waals surface area contributed by atoms with Crippen LogP contribution in [0.3, 0.4) is 0 Å². The van der Waals surface area contributed by atoms with Crippen molar-refractivity contribution in [2.24, 2.45) is 16.7 Å². The van der Waals surface area contributed by atoms with Crippen LogP contribution in [0.5, 0.6) is 0 Å². The Kier molecular flexibility index (Phi) is 3.63. The number of aliphatic hydroxyl groups excluding tert-OH is 1. The van der Waals surface area contributed by atoms with Gasteiger partial charge in [0.2, 0.25) is 0 Å². The first kappa shape index (κ1) is 12.0. The summed E-state index contributed by atoms with van der Waals surface area (Å²) < 4.78 is 0. The Labute approximate surface area is 88.9 Å². The molecule has 0 aromatic rings. The third-order valence-corrected chi connectivity index (χ3v) is 4.56. The van der Waals surface area contributed by atoms with Crippen molar-refractivity contribution < 1.29 is 5.11 Å². The van der Waals surface area contributed by atoms with Crippen LogP contribution in [-0.2, 0) is 0 Å². The SMILES string of the molecule is CCC1(C)CCC(C(C)(C)CO)CC1. The first-order chi connectivity index (χ1) is 6.43. The van der Waals surface area contributed by atoms with E-state index in [1.807, 2.05) is 0 Å². The number of hydrogen-bond donors (Lipinski definition) is 1. The van der Waals surface area contributed by atoms with Gasteiger partial charge in [-0.05, 0) is 42.4 Å². The molecule has 0 spiro atoms. The van der Waals surface area contributed by atoms with Gasteiger partial charge in [-0.15, -0.1) is 0 Å². The van der Waals surface area contributed by atoms with Crippen LogP contribution in [0.2, 0.25) is 0 Å². The van der Waals surface area contributed by atoms with Crippen molar-refractivity contribution in [2.45, 2.75) is 59.8 Å². The molecule has 0 aliphatic heterocycles. The molecule has 0 atom stereocenters. The van der Waals surface area contributed by atoms with Crippen LogP contribution >= 0.6 is 0 Å². The van der Waals surface area contributed by atoms with Crippen LogP contribution in [0.25, 0.3) is 0 Å². The maximum Gasteiger partial charge on any atom is 0.0484 e. The topological polar surface area (TPSA) is 20.2 Å². The van der Waals surface area contributed by atoms with Crippen molar-refractivity contribution >= 4 is 0 Å². The molecule has 1 fully saturated rings. The van der Waals surface area contributed by atoms with Gasteiger partial charge in [0.1, 0.15) is 0 Å². The maximum absolute atomic E-state index is 9.33. The molecule has 0 aromatic carbocycles. The molecule has 0 heterocycles. The van der Waals surface area contributed by atoms with E-state index in [4.69, 9.17) is 0 Å². The van der Waals surface area contributed by atoms with Gasteiger partial charge in [-0.2, -0.15) is 0 Å². The summed E-state index contributed by atoms with van der Waals surface area (Å²) in [5, 5.41) is 9.33. The van der Waals surface area contributed by atoms with Crippen molar-refractivity contribution in [1.82, 2.24) is 0 Å². The minimum atomic E-state index is 0.134. The third-order valence-electron chi connectivity index (χ3n) is 4.56. The van der Waals surface area contributed by atoms with Crippen LogP contribution in [0.15, 0.2) is 0 Å². The van der Waals surface area contributed by atoms with E-state index in [-0.39, 0.29) is 5.41 Å². The normalized spacial score (nSPS) is 34.5. The predicted molar refractivity (Wildman–Crippen MR) is 61.2 cm³/mol. The highest BCUT2D eigenvalue weighted by Gasteiger charge is 2.36. The smallest absolute Gasteiger partial charge is 0.0484 e. The van der Waals surface area contributed by atoms with E-state index < -0.39 is 0 Å². The molecule has 1 aliphatic carbocycles. The largest absolute Gasteiger partial charge is 0.396 e. The molecule has 1 heteroatoms. The van der Waals surface area contributed by atoms with E-state index in [0.717, 1.165) is 5.92 Å². The van der Waals surface area contributed by atoms with E-state index in [0.29, 0.717) is 12.0 Å². The molecule has 0 unspecified atom stereocenters. The van der Waals surface area contributed by atoms with Crippen LogP contribution in [0, 0.1) is 16.7 Å². The Morgan fingerprint density at radius 2 is 1.79 bits per heavy atom. The second kappa shape index (κ2) is 4.22. The molecule has 0 radical (unpaired) electrons. The van der Waals surface area contributed by atoms with Crippen LogP contribution in [-0.4, -0.2) is 11.7 Å². The molecule has 1 saturated carbocycles. The summed E-state index contributed by atoms with van der Waals surface area (Å²) in [4.78, 5) is 0. The summed E-state index contributed by atoms with van der Waals surface area (Å²) in [5.41, 5.74) is 0.719. The zero-order valence-electron chi connectivity index (χ0n) is 10.3. The number of hydrogen-bond acceptors (Lipinski definition) is 1. The molecule has 1 N–H and O–H groups in total. The molecule has 1 nitrogen and oxygen atoms in total. The van der Waals surface area contributed by atoms with Crippen molar-refractivity contribution in [3.63, 3.8) is 0 Å². The first-order valence-electron chi connectivity index (χ1n) is 6.04. The number of aliphatic hydroxyl groups is 1. The Hall–Kier alpha value is -0.0400. The lowest BCUT2D eigenvalue weighted by Gasteiger charge is -2.42. The van der Waals surface area contributed by atoms with E-state index in [9.17, 15) is 5.11 Å². The first-order valence-corrected chi connectivity index (χ1v) is 6.04. The van der Waals surface area contributed by atoms with E-state index in [1.165, 1.54) is 32.1 Å². The van der Waals surface area contributed by atoms with Crippen LogP contribution < -0.4 is 0 Å². The second-order valence-corrected chi connectivity index (χ2v) is 6.09. The van der Waals surface area contributed by atoms with E-state index in [1.54, 1.807) is 0 Å². The van der Waals surface area contributed by atoms with Gasteiger partial charge in [-0.25, -0.2) is 0 Å². The van der Waals surface area contributed by atoms with Crippen molar-refractivity contribution in [3.8, 4) is 0 Å². The lowest BCUT2D eigenvalue weighted by Crippen LogP contribution is -2.34. The zero-order valence-corrected chi connectivity index (χ0v) is 10.3. The van der Waals surface area contributed by atoms with Crippen LogP contribution in [0.1, 0.15) is 59.8 Å². The summed E-state index contributed by atoms with van der Waals surface area (Å²) >= 11 is 0. The molecule has 0 bridgehead atoms. The molecule has 14 heavy (non-hydrogen) atoms. The molecular weight excluding hydrogens is 172 g/mol. The highest BCUT2D eigenvalue weighted by molar-refractivity contribution is 4.87. The summed E-state index contributed by atoms with van der Waals surface area (Å²) in [6.45, 7) is 9.45. The lowest BCUT2D eigenvalue weighted by atomic mass is 9.63. The van der Waals surface area contributed by atoms with Gasteiger partial charge in [0.05, 0.1) is 0 Å². The highest BCUT2D eigenvalue weighted by atomic mass is 16.3. The Bertz CT molecular complexity index is 176. The quantitative estimate of drug-likeness (QED) is 0.734. The summed E-state index contributed by atoms with van der Waals surface area (Å²) in [7, 11) is 0. The summed E-state index contributed by atoms with van der Waals surface area (Å²) in [6.07, 6.45) is 6.60. The average Bonchev–Trinajstić information content (AvgIpc) is 2.19. The van der Waals surface area contributed by atoms with Gasteiger partial charge in [0.15, 0.2) is 0 Å². The van der Waals surface area contributed by atoms with Gasteiger partial charge in [0, 0.05) is 6.61 Å². The van der Waals surface area contributed by atoms with Gasteiger partial charge in [-0.3, -0.25) is 0 Å². The minimum Gasteiger partial charge on any atom is -0.396 e. The summed E-state index contributed by atoms with van der Waals surface area (Å²) in [6, 6.07) is 0. The highest BCUT2D eigenvalue weighted by Crippen LogP contribution is 2.46. The maximum atomic E-state index is 9.33. The fraction of sp³-hybridized carbons (Fsp3) is 1.00. The minimum absolute atomic E-state index is 0.134. The molecule has 0 amide bonds. The van der Waals surface area contributed by atoms with Crippen molar-refractivity contribution in [3.05, 3.63) is 0 Å².